The molecule has 0 fully saturated rings. The van der Waals surface area contributed by atoms with E-state index < -0.39 is 13.7 Å². The minimum atomic E-state index is -1.09. The minimum Gasteiger partial charge on any atom is -0.385 e. The smallest absolute Gasteiger partial charge is 0.0867 e. The summed E-state index contributed by atoms with van der Waals surface area (Å²) < 4.78 is 0. The molecule has 0 saturated carbocycles. The van der Waals surface area contributed by atoms with Gasteiger partial charge in [-0.3, -0.25) is 0 Å². The van der Waals surface area contributed by atoms with Crippen LogP contribution in [0.4, 0.5) is 0 Å². The zero-order valence-electron chi connectivity index (χ0n) is 11.3. The van der Waals surface area contributed by atoms with E-state index in [0.29, 0.717) is 0 Å². The van der Waals surface area contributed by atoms with Gasteiger partial charge in [-0.1, -0.05) is 36.9 Å². The summed E-state index contributed by atoms with van der Waals surface area (Å²) in [4.78, 5) is 0. The Hall–Kier alpha value is -0.343. The molecule has 0 spiro atoms. The third-order valence-corrected chi connectivity index (χ3v) is 4.59. The van der Waals surface area contributed by atoms with Crippen LogP contribution < -0.4 is 0 Å². The Kier molecular flexibility index (Phi) is 4.19. The first kappa shape index (κ1) is 13.7. The maximum absolute atomic E-state index is 10.5. The highest BCUT2D eigenvalue weighted by atomic mass is 28.3. The van der Waals surface area contributed by atoms with Crippen molar-refractivity contribution in [2.24, 2.45) is 0 Å². The summed E-state index contributed by atoms with van der Waals surface area (Å²) in [6, 6.07) is 1.13. The number of hydrogen-bond acceptors (Lipinski definition) is 1. The topological polar surface area (TPSA) is 20.2 Å². The molecule has 1 rings (SSSR count). The summed E-state index contributed by atoms with van der Waals surface area (Å²) in [5.41, 5.74) is 1.96. The van der Waals surface area contributed by atoms with Crippen LogP contribution in [0.15, 0.2) is 23.8 Å². The molecule has 0 saturated heterocycles. The molecule has 1 aliphatic carbocycles. The fourth-order valence-corrected chi connectivity index (χ4v) is 4.29. The maximum atomic E-state index is 10.5. The molecule has 0 bridgehead atoms. The second-order valence-electron chi connectivity index (χ2n) is 6.61. The van der Waals surface area contributed by atoms with Crippen molar-refractivity contribution in [3.63, 3.8) is 0 Å². The van der Waals surface area contributed by atoms with Gasteiger partial charge in [-0.15, -0.1) is 6.58 Å². The number of aliphatic hydroxyl groups is 1. The average molecular weight is 238 g/mol. The largest absolute Gasteiger partial charge is 0.385 e. The van der Waals surface area contributed by atoms with Crippen LogP contribution in [0.25, 0.3) is 0 Å². The molecule has 0 aromatic rings. The second kappa shape index (κ2) is 4.88. The van der Waals surface area contributed by atoms with E-state index in [2.05, 4.69) is 39.2 Å². The van der Waals surface area contributed by atoms with Gasteiger partial charge in [-0.2, -0.15) is 0 Å². The first-order chi connectivity index (χ1) is 7.20. The Bertz CT molecular complexity index is 298. The predicted molar refractivity (Wildman–Crippen MR) is 74.5 cm³/mol. The Morgan fingerprint density at radius 1 is 1.50 bits per heavy atom. The highest BCUT2D eigenvalue weighted by molar-refractivity contribution is 6.76. The third-order valence-electron chi connectivity index (χ3n) is 3.03. The van der Waals surface area contributed by atoms with Gasteiger partial charge in [0, 0.05) is 14.5 Å². The molecule has 1 N–H and O–H groups in total. The summed E-state index contributed by atoms with van der Waals surface area (Å²) in [5, 5.41) is 10.5. The van der Waals surface area contributed by atoms with E-state index in [1.807, 2.05) is 0 Å². The molecule has 16 heavy (non-hydrogen) atoms. The van der Waals surface area contributed by atoms with Crippen LogP contribution in [0.1, 0.15) is 32.6 Å². The van der Waals surface area contributed by atoms with Gasteiger partial charge in [-0.05, 0) is 32.2 Å². The van der Waals surface area contributed by atoms with Crippen LogP contribution in [0.3, 0.4) is 0 Å². The van der Waals surface area contributed by atoms with Crippen LogP contribution in [-0.4, -0.2) is 18.8 Å². The van der Waals surface area contributed by atoms with Crippen molar-refractivity contribution in [3.05, 3.63) is 23.8 Å². The first-order valence-corrected chi connectivity index (χ1v) is 9.98. The fourth-order valence-electron chi connectivity index (χ4n) is 2.66. The van der Waals surface area contributed by atoms with Crippen LogP contribution in [-0.2, 0) is 0 Å². The van der Waals surface area contributed by atoms with Crippen LogP contribution >= 0.6 is 0 Å². The second-order valence-corrected chi connectivity index (χ2v) is 12.1. The van der Waals surface area contributed by atoms with E-state index in [4.69, 9.17) is 0 Å². The molecule has 0 aromatic carbocycles. The SMILES string of the molecule is C=C(C[C@@]1(O)C=C(C)CCC1)C[Si](C)(C)C. The normalized spacial score (nSPS) is 26.4. The van der Waals surface area contributed by atoms with Gasteiger partial charge < -0.3 is 5.11 Å². The Morgan fingerprint density at radius 3 is 2.62 bits per heavy atom. The third kappa shape index (κ3) is 4.66. The Labute approximate surface area is 101 Å². The van der Waals surface area contributed by atoms with Gasteiger partial charge in [0.15, 0.2) is 0 Å². The van der Waals surface area contributed by atoms with Crippen LogP contribution in [0.2, 0.25) is 25.7 Å². The highest BCUT2D eigenvalue weighted by Crippen LogP contribution is 2.33. The monoisotopic (exact) mass is 238 g/mol. The zero-order chi connectivity index (χ0) is 12.4. The first-order valence-electron chi connectivity index (χ1n) is 6.28. The molecule has 1 nitrogen and oxygen atoms in total. The lowest BCUT2D eigenvalue weighted by molar-refractivity contribution is 0.0735. The Balaban J connectivity index is 2.59. The van der Waals surface area contributed by atoms with Gasteiger partial charge in [-0.25, -0.2) is 0 Å². The summed E-state index contributed by atoms with van der Waals surface area (Å²) in [5.74, 6) is 0. The van der Waals surface area contributed by atoms with Crippen molar-refractivity contribution in [3.8, 4) is 0 Å². The van der Waals surface area contributed by atoms with E-state index in [9.17, 15) is 5.11 Å². The van der Waals surface area contributed by atoms with Crippen molar-refractivity contribution in [1.82, 2.24) is 0 Å². The van der Waals surface area contributed by atoms with Gasteiger partial charge in [0.2, 0.25) is 0 Å². The molecular weight excluding hydrogens is 212 g/mol. The van der Waals surface area contributed by atoms with E-state index >= 15 is 0 Å². The predicted octanol–water partition coefficient (Wildman–Crippen LogP) is 4.13. The maximum Gasteiger partial charge on any atom is 0.0867 e. The van der Waals surface area contributed by atoms with Gasteiger partial charge in [0.1, 0.15) is 0 Å². The molecule has 0 aromatic heterocycles. The van der Waals surface area contributed by atoms with Gasteiger partial charge in [0.05, 0.1) is 5.60 Å². The molecule has 2 heteroatoms. The Morgan fingerprint density at radius 2 is 2.12 bits per heavy atom. The lowest BCUT2D eigenvalue weighted by Crippen LogP contribution is -2.30. The van der Waals surface area contributed by atoms with Gasteiger partial charge >= 0.3 is 0 Å². The highest BCUT2D eigenvalue weighted by Gasteiger charge is 2.28. The molecular formula is C14H26OSi. The van der Waals surface area contributed by atoms with Crippen molar-refractivity contribution in [1.29, 1.82) is 0 Å². The van der Waals surface area contributed by atoms with Gasteiger partial charge in [0.25, 0.3) is 0 Å². The van der Waals surface area contributed by atoms with Crippen LogP contribution in [0.5, 0.6) is 0 Å². The summed E-state index contributed by atoms with van der Waals surface area (Å²) >= 11 is 0. The molecule has 0 aliphatic heterocycles. The number of allylic oxidation sites excluding steroid dienone is 1. The quantitative estimate of drug-likeness (QED) is 0.577. The lowest BCUT2D eigenvalue weighted by atomic mass is 9.83. The van der Waals surface area contributed by atoms with Crippen molar-refractivity contribution in [2.75, 3.05) is 0 Å². The minimum absolute atomic E-state index is 0.598. The molecule has 0 heterocycles. The molecule has 1 aliphatic rings. The van der Waals surface area contributed by atoms with E-state index in [0.717, 1.165) is 31.7 Å². The van der Waals surface area contributed by atoms with E-state index in [1.54, 1.807) is 0 Å². The average Bonchev–Trinajstić information content (AvgIpc) is 1.96. The molecule has 0 amide bonds. The van der Waals surface area contributed by atoms with Crippen molar-refractivity contribution in [2.45, 2.75) is 63.9 Å². The zero-order valence-corrected chi connectivity index (χ0v) is 12.3. The summed E-state index contributed by atoms with van der Waals surface area (Å²) in [7, 11) is -1.09. The fraction of sp³-hybridized carbons (Fsp3) is 0.714. The van der Waals surface area contributed by atoms with E-state index in [-0.39, 0.29) is 0 Å². The van der Waals surface area contributed by atoms with E-state index in [1.165, 1.54) is 11.1 Å². The van der Waals surface area contributed by atoms with Crippen LogP contribution in [0, 0.1) is 0 Å². The molecule has 0 unspecified atom stereocenters. The number of hydrogen-bond donors (Lipinski definition) is 1. The summed E-state index contributed by atoms with van der Waals surface area (Å²) in [6.45, 7) is 13.3. The van der Waals surface area contributed by atoms with Crippen molar-refractivity contribution < 1.29 is 5.11 Å². The standard InChI is InChI=1S/C14H26OSi/c1-12-7-6-8-14(15,9-12)10-13(2)11-16(3,4)5/h9,15H,2,6-8,10-11H2,1,3-5H3/t14-/m0/s1. The van der Waals surface area contributed by atoms with Crippen molar-refractivity contribution >= 4 is 8.07 Å². The number of rotatable bonds is 4. The molecule has 1 atom stereocenters. The molecule has 0 radical (unpaired) electrons. The summed E-state index contributed by atoms with van der Waals surface area (Å²) in [6.07, 6.45) is 5.97. The molecule has 92 valence electrons. The lowest BCUT2D eigenvalue weighted by Gasteiger charge is -2.31.